The second-order valence-electron chi connectivity index (χ2n) is 7.76. The number of benzene rings is 2. The van der Waals surface area contributed by atoms with Gasteiger partial charge in [0.25, 0.3) is 5.56 Å². The number of ketones is 1. The van der Waals surface area contributed by atoms with Crippen LogP contribution in [0.4, 0.5) is 0 Å². The van der Waals surface area contributed by atoms with Gasteiger partial charge < -0.3 is 4.57 Å². The fourth-order valence-electron chi connectivity index (χ4n) is 4.18. The maximum absolute atomic E-state index is 12.2. The normalized spacial score (nSPS) is 13.1. The number of fused-ring (bicyclic) bond motifs is 1. The van der Waals surface area contributed by atoms with E-state index in [0.29, 0.717) is 24.0 Å². The number of Topliss-reactive ketones (excluding diaryl/α,β-unsaturated/α-hetero) is 1. The topological polar surface area (TPSA) is 62.9 Å². The van der Waals surface area contributed by atoms with Crippen molar-refractivity contribution in [3.63, 3.8) is 0 Å². The number of aryl methyl sites for hydroxylation is 2. The monoisotopic (exact) mass is 382 g/mol. The van der Waals surface area contributed by atoms with Gasteiger partial charge in [0.15, 0.2) is 0 Å². The number of aromatic nitrogens is 1. The van der Waals surface area contributed by atoms with Gasteiger partial charge in [0, 0.05) is 31.6 Å². The summed E-state index contributed by atoms with van der Waals surface area (Å²) in [6, 6.07) is 15.9. The van der Waals surface area contributed by atoms with Gasteiger partial charge in [0.2, 0.25) is 0 Å². The van der Waals surface area contributed by atoms with Crippen molar-refractivity contribution in [2.45, 2.75) is 32.6 Å². The van der Waals surface area contributed by atoms with Crippen LogP contribution in [0.25, 0.3) is 11.1 Å². The molecule has 3 aromatic rings. The van der Waals surface area contributed by atoms with Gasteiger partial charge in [0.1, 0.15) is 5.78 Å². The van der Waals surface area contributed by atoms with Gasteiger partial charge in [-0.25, -0.2) is 0 Å². The fourth-order valence-corrected chi connectivity index (χ4v) is 4.18. The molecule has 0 unspecified atom stereocenters. The summed E-state index contributed by atoms with van der Waals surface area (Å²) in [5.41, 5.74) is 8.15. The summed E-state index contributed by atoms with van der Waals surface area (Å²) in [7, 11) is 1.77. The van der Waals surface area contributed by atoms with E-state index in [4.69, 9.17) is 5.26 Å². The first kappa shape index (κ1) is 18.9. The zero-order valence-electron chi connectivity index (χ0n) is 16.7. The lowest BCUT2D eigenvalue weighted by molar-refractivity contribution is -0.118. The maximum Gasteiger partial charge on any atom is 0.253 e. The molecule has 4 heteroatoms. The standard InChI is InChI=1S/C25H22N2O2/c1-16-11-20(15-27(2)25(16)29)23-9-7-19-13-21(28)8-10-22(19)24(23)12-17-3-5-18(14-26)6-4-17/h3-7,9,11,15H,8,10,12-13H2,1-2H3. The van der Waals surface area contributed by atoms with E-state index >= 15 is 0 Å². The first-order valence-corrected chi connectivity index (χ1v) is 9.78. The summed E-state index contributed by atoms with van der Waals surface area (Å²) < 4.78 is 1.62. The molecule has 0 saturated carbocycles. The maximum atomic E-state index is 12.2. The molecule has 0 fully saturated rings. The predicted molar refractivity (Wildman–Crippen MR) is 113 cm³/mol. The number of carbonyl (C=O) groups excluding carboxylic acids is 1. The minimum atomic E-state index is 0.00551. The summed E-state index contributed by atoms with van der Waals surface area (Å²) in [5, 5.41) is 9.06. The fraction of sp³-hybridized carbons (Fsp3) is 0.240. The quantitative estimate of drug-likeness (QED) is 0.691. The Bertz CT molecular complexity index is 1190. The highest BCUT2D eigenvalue weighted by molar-refractivity contribution is 5.84. The molecule has 0 saturated heterocycles. The van der Waals surface area contributed by atoms with Crippen LogP contribution in [-0.2, 0) is 31.1 Å². The summed E-state index contributed by atoms with van der Waals surface area (Å²) in [6.45, 7) is 1.84. The Labute approximate surface area is 170 Å². The van der Waals surface area contributed by atoms with Crippen molar-refractivity contribution in [3.8, 4) is 17.2 Å². The molecule has 2 aromatic carbocycles. The number of nitrogens with zero attached hydrogens (tertiary/aromatic N) is 2. The number of nitriles is 1. The molecule has 0 bridgehead atoms. The number of hydrogen-bond donors (Lipinski definition) is 0. The Balaban J connectivity index is 1.88. The predicted octanol–water partition coefficient (Wildman–Crippen LogP) is 3.88. The van der Waals surface area contributed by atoms with Gasteiger partial charge in [-0.3, -0.25) is 9.59 Å². The minimum absolute atomic E-state index is 0.00551. The summed E-state index contributed by atoms with van der Waals surface area (Å²) in [6.07, 6.45) is 4.41. The van der Waals surface area contributed by atoms with Gasteiger partial charge in [0.05, 0.1) is 11.6 Å². The largest absolute Gasteiger partial charge is 0.318 e. The first-order chi connectivity index (χ1) is 14.0. The number of carbonyl (C=O) groups is 1. The van der Waals surface area contributed by atoms with Crippen LogP contribution in [0, 0.1) is 18.3 Å². The summed E-state index contributed by atoms with van der Waals surface area (Å²) in [5.74, 6) is 0.285. The number of pyridine rings is 1. The van der Waals surface area contributed by atoms with Gasteiger partial charge >= 0.3 is 0 Å². The molecule has 0 spiro atoms. The van der Waals surface area contributed by atoms with Crippen LogP contribution in [0.15, 0.2) is 53.5 Å². The highest BCUT2D eigenvalue weighted by Crippen LogP contribution is 2.33. The highest BCUT2D eigenvalue weighted by atomic mass is 16.1. The molecule has 0 N–H and O–H groups in total. The Morgan fingerprint density at radius 2 is 1.83 bits per heavy atom. The van der Waals surface area contributed by atoms with Crippen molar-refractivity contribution in [1.82, 2.24) is 4.57 Å². The molecule has 0 aliphatic heterocycles. The van der Waals surface area contributed by atoms with E-state index in [1.807, 2.05) is 43.5 Å². The molecular weight excluding hydrogens is 360 g/mol. The zero-order valence-corrected chi connectivity index (χ0v) is 16.7. The zero-order chi connectivity index (χ0) is 20.5. The van der Waals surface area contributed by atoms with Crippen molar-refractivity contribution < 1.29 is 4.79 Å². The number of hydrogen-bond acceptors (Lipinski definition) is 3. The molecule has 1 aliphatic carbocycles. The Kier molecular flexibility index (Phi) is 4.90. The average Bonchev–Trinajstić information content (AvgIpc) is 2.72. The van der Waals surface area contributed by atoms with E-state index in [1.165, 1.54) is 11.1 Å². The van der Waals surface area contributed by atoms with E-state index in [1.54, 1.807) is 11.6 Å². The van der Waals surface area contributed by atoms with Gasteiger partial charge in [-0.2, -0.15) is 5.26 Å². The SMILES string of the molecule is Cc1cc(-c2ccc3c(c2Cc2ccc(C#N)cc2)CCC(=O)C3)cn(C)c1=O. The van der Waals surface area contributed by atoms with Crippen molar-refractivity contribution >= 4 is 5.78 Å². The Morgan fingerprint density at radius 1 is 1.07 bits per heavy atom. The molecule has 1 heterocycles. The molecule has 0 radical (unpaired) electrons. The Morgan fingerprint density at radius 3 is 2.52 bits per heavy atom. The van der Waals surface area contributed by atoms with Crippen LogP contribution < -0.4 is 5.56 Å². The van der Waals surface area contributed by atoms with Crippen molar-refractivity contribution in [1.29, 1.82) is 5.26 Å². The lowest BCUT2D eigenvalue weighted by Gasteiger charge is -2.23. The molecule has 144 valence electrons. The third-order valence-electron chi connectivity index (χ3n) is 5.71. The van der Waals surface area contributed by atoms with E-state index < -0.39 is 0 Å². The van der Waals surface area contributed by atoms with Gasteiger partial charge in [-0.05, 0) is 71.3 Å². The van der Waals surface area contributed by atoms with Gasteiger partial charge in [-0.1, -0.05) is 24.3 Å². The lowest BCUT2D eigenvalue weighted by atomic mass is 9.82. The van der Waals surface area contributed by atoms with Crippen LogP contribution in [0.3, 0.4) is 0 Å². The molecule has 1 aromatic heterocycles. The highest BCUT2D eigenvalue weighted by Gasteiger charge is 2.21. The minimum Gasteiger partial charge on any atom is -0.318 e. The second-order valence-corrected chi connectivity index (χ2v) is 7.76. The molecular formula is C25H22N2O2. The summed E-state index contributed by atoms with van der Waals surface area (Å²) in [4.78, 5) is 24.1. The van der Waals surface area contributed by atoms with Crippen molar-refractivity contribution in [2.24, 2.45) is 7.05 Å². The molecule has 0 amide bonds. The van der Waals surface area contributed by atoms with E-state index in [0.717, 1.165) is 35.1 Å². The molecule has 4 nitrogen and oxygen atoms in total. The van der Waals surface area contributed by atoms with E-state index in [2.05, 4.69) is 18.2 Å². The van der Waals surface area contributed by atoms with E-state index in [9.17, 15) is 9.59 Å². The first-order valence-electron chi connectivity index (χ1n) is 9.78. The van der Waals surface area contributed by atoms with Crippen LogP contribution in [-0.4, -0.2) is 10.4 Å². The smallest absolute Gasteiger partial charge is 0.253 e. The number of rotatable bonds is 3. The van der Waals surface area contributed by atoms with Crippen molar-refractivity contribution in [2.75, 3.05) is 0 Å². The molecule has 1 aliphatic rings. The summed E-state index contributed by atoms with van der Waals surface area (Å²) >= 11 is 0. The van der Waals surface area contributed by atoms with Crippen LogP contribution >= 0.6 is 0 Å². The molecule has 4 rings (SSSR count). The Hall–Kier alpha value is -3.45. The third-order valence-corrected chi connectivity index (χ3v) is 5.71. The average molecular weight is 382 g/mol. The van der Waals surface area contributed by atoms with E-state index in [-0.39, 0.29) is 11.3 Å². The molecule has 0 atom stereocenters. The second kappa shape index (κ2) is 7.52. The molecule has 29 heavy (non-hydrogen) atoms. The van der Waals surface area contributed by atoms with Crippen LogP contribution in [0.2, 0.25) is 0 Å². The van der Waals surface area contributed by atoms with Crippen LogP contribution in [0.1, 0.15) is 39.8 Å². The third kappa shape index (κ3) is 3.64. The lowest BCUT2D eigenvalue weighted by Crippen LogP contribution is -2.19. The van der Waals surface area contributed by atoms with Crippen LogP contribution in [0.5, 0.6) is 0 Å². The van der Waals surface area contributed by atoms with Crippen molar-refractivity contribution in [3.05, 3.63) is 92.4 Å². The van der Waals surface area contributed by atoms with Gasteiger partial charge in [-0.15, -0.1) is 0 Å².